The third-order valence-corrected chi connectivity index (χ3v) is 3.56. The van der Waals surface area contributed by atoms with Crippen LogP contribution >= 0.6 is 0 Å². The molecule has 19 heavy (non-hydrogen) atoms. The van der Waals surface area contributed by atoms with Crippen LogP contribution in [-0.2, 0) is 16.0 Å². The average Bonchev–Trinajstić information content (AvgIpc) is 2.36. The van der Waals surface area contributed by atoms with Gasteiger partial charge in [-0.05, 0) is 37.0 Å². The smallest absolute Gasteiger partial charge is 0.313 e. The van der Waals surface area contributed by atoms with Gasteiger partial charge in [0.2, 0.25) is 0 Å². The van der Waals surface area contributed by atoms with Crippen LogP contribution < -0.4 is 5.73 Å². The molecule has 0 fully saturated rings. The van der Waals surface area contributed by atoms with E-state index in [4.69, 9.17) is 10.5 Å². The summed E-state index contributed by atoms with van der Waals surface area (Å²) in [6, 6.07) is 6.26. The van der Waals surface area contributed by atoms with Gasteiger partial charge in [-0.1, -0.05) is 26.0 Å². The molecule has 0 heterocycles. The Hall–Kier alpha value is -1.42. The minimum atomic E-state index is -0.802. The molecule has 0 aromatic heterocycles. The first kappa shape index (κ1) is 15.6. The van der Waals surface area contributed by atoms with Crippen molar-refractivity contribution in [2.75, 3.05) is 13.2 Å². The van der Waals surface area contributed by atoms with E-state index in [1.165, 1.54) is 12.1 Å². The molecule has 3 nitrogen and oxygen atoms in total. The van der Waals surface area contributed by atoms with Crippen molar-refractivity contribution in [3.05, 3.63) is 35.6 Å². The molecular weight excluding hydrogens is 245 g/mol. The molecule has 0 bridgehead atoms. The number of ether oxygens (including phenoxy) is 1. The molecule has 0 spiro atoms. The first-order chi connectivity index (χ1) is 8.96. The third-order valence-electron chi connectivity index (χ3n) is 3.56. The van der Waals surface area contributed by atoms with Gasteiger partial charge in [0.15, 0.2) is 0 Å². The van der Waals surface area contributed by atoms with Crippen molar-refractivity contribution < 1.29 is 13.9 Å². The summed E-state index contributed by atoms with van der Waals surface area (Å²) in [5.74, 6) is -0.604. The van der Waals surface area contributed by atoms with E-state index in [1.807, 2.05) is 13.8 Å². The highest BCUT2D eigenvalue weighted by atomic mass is 19.1. The number of esters is 1. The van der Waals surface area contributed by atoms with E-state index < -0.39 is 5.41 Å². The van der Waals surface area contributed by atoms with Crippen molar-refractivity contribution in [3.8, 4) is 0 Å². The minimum Gasteiger partial charge on any atom is -0.466 e. The van der Waals surface area contributed by atoms with Gasteiger partial charge in [-0.25, -0.2) is 4.39 Å². The molecule has 4 heteroatoms. The monoisotopic (exact) mass is 267 g/mol. The van der Waals surface area contributed by atoms with Gasteiger partial charge in [0, 0.05) is 6.54 Å². The molecule has 1 unspecified atom stereocenters. The van der Waals surface area contributed by atoms with Gasteiger partial charge < -0.3 is 10.5 Å². The van der Waals surface area contributed by atoms with Crippen LogP contribution in [0.15, 0.2) is 24.3 Å². The third kappa shape index (κ3) is 3.53. The average molecular weight is 267 g/mol. The van der Waals surface area contributed by atoms with E-state index >= 15 is 0 Å². The number of halogens is 1. The highest BCUT2D eigenvalue weighted by Gasteiger charge is 2.41. The Morgan fingerprint density at radius 1 is 1.47 bits per heavy atom. The fourth-order valence-electron chi connectivity index (χ4n) is 2.19. The van der Waals surface area contributed by atoms with Crippen LogP contribution in [0.1, 0.15) is 26.3 Å². The van der Waals surface area contributed by atoms with Crippen LogP contribution in [0.25, 0.3) is 0 Å². The van der Waals surface area contributed by atoms with Crippen LogP contribution in [0.2, 0.25) is 0 Å². The first-order valence-electron chi connectivity index (χ1n) is 6.58. The topological polar surface area (TPSA) is 52.3 Å². The SMILES string of the molecule is CCOC(=O)C(CN)(Cc1cccc(F)c1)C(C)C. The zero-order valence-electron chi connectivity index (χ0n) is 11.8. The molecule has 2 N–H and O–H groups in total. The molecule has 0 saturated heterocycles. The molecule has 106 valence electrons. The second-order valence-electron chi connectivity index (χ2n) is 5.04. The van der Waals surface area contributed by atoms with Gasteiger partial charge in [-0.3, -0.25) is 4.79 Å². The highest BCUT2D eigenvalue weighted by Crippen LogP contribution is 2.32. The molecule has 0 radical (unpaired) electrons. The lowest BCUT2D eigenvalue weighted by Gasteiger charge is -2.34. The summed E-state index contributed by atoms with van der Waals surface area (Å²) in [4.78, 5) is 12.2. The van der Waals surface area contributed by atoms with Gasteiger partial charge >= 0.3 is 5.97 Å². The second-order valence-corrected chi connectivity index (χ2v) is 5.04. The summed E-state index contributed by atoms with van der Waals surface area (Å²) in [6.07, 6.45) is 0.387. The van der Waals surface area contributed by atoms with Gasteiger partial charge in [-0.2, -0.15) is 0 Å². The molecule has 0 aliphatic carbocycles. The van der Waals surface area contributed by atoms with Gasteiger partial charge in [0.05, 0.1) is 12.0 Å². The van der Waals surface area contributed by atoms with E-state index in [-0.39, 0.29) is 24.2 Å². The number of carbonyl (C=O) groups is 1. The molecule has 0 amide bonds. The first-order valence-corrected chi connectivity index (χ1v) is 6.58. The van der Waals surface area contributed by atoms with Crippen LogP contribution in [0.5, 0.6) is 0 Å². The van der Waals surface area contributed by atoms with Crippen LogP contribution in [0.4, 0.5) is 4.39 Å². The molecule has 1 atom stereocenters. The Kier molecular flexibility index (Phi) is 5.48. The summed E-state index contributed by atoms with van der Waals surface area (Å²) in [5.41, 5.74) is 5.79. The van der Waals surface area contributed by atoms with E-state index in [9.17, 15) is 9.18 Å². The number of benzene rings is 1. The lowest BCUT2D eigenvalue weighted by atomic mass is 9.72. The molecule has 1 aromatic rings. The van der Waals surface area contributed by atoms with Gasteiger partial charge in [0.1, 0.15) is 5.82 Å². The molecule has 0 saturated carbocycles. The summed E-state index contributed by atoms with van der Waals surface area (Å²) in [6.45, 7) is 6.13. The Balaban J connectivity index is 3.07. The second kappa shape index (κ2) is 6.66. The lowest BCUT2D eigenvalue weighted by Crippen LogP contribution is -2.46. The number of rotatable bonds is 6. The number of carbonyl (C=O) groups excluding carboxylic acids is 1. The summed E-state index contributed by atoms with van der Waals surface area (Å²) in [5, 5.41) is 0. The van der Waals surface area contributed by atoms with E-state index in [1.54, 1.807) is 19.1 Å². The Morgan fingerprint density at radius 2 is 2.16 bits per heavy atom. The van der Waals surface area contributed by atoms with Crippen molar-refractivity contribution in [2.24, 2.45) is 17.1 Å². The van der Waals surface area contributed by atoms with Crippen LogP contribution in [0, 0.1) is 17.2 Å². The van der Waals surface area contributed by atoms with E-state index in [0.29, 0.717) is 13.0 Å². The normalized spacial score (nSPS) is 14.2. The number of hydrogen-bond acceptors (Lipinski definition) is 3. The Morgan fingerprint density at radius 3 is 2.63 bits per heavy atom. The van der Waals surface area contributed by atoms with Crippen molar-refractivity contribution in [1.29, 1.82) is 0 Å². The molecular formula is C15H22FNO2. The fraction of sp³-hybridized carbons (Fsp3) is 0.533. The largest absolute Gasteiger partial charge is 0.466 e. The van der Waals surface area contributed by atoms with Crippen molar-refractivity contribution in [2.45, 2.75) is 27.2 Å². The molecule has 0 aliphatic rings. The maximum atomic E-state index is 13.2. The summed E-state index contributed by atoms with van der Waals surface area (Å²) >= 11 is 0. The van der Waals surface area contributed by atoms with Crippen LogP contribution in [0.3, 0.4) is 0 Å². The summed E-state index contributed by atoms with van der Waals surface area (Å²) in [7, 11) is 0. The van der Waals surface area contributed by atoms with Crippen molar-refractivity contribution in [3.63, 3.8) is 0 Å². The minimum absolute atomic E-state index is 0.0137. The predicted octanol–water partition coefficient (Wildman–Crippen LogP) is 2.53. The Bertz CT molecular complexity index is 434. The highest BCUT2D eigenvalue weighted by molar-refractivity contribution is 5.78. The van der Waals surface area contributed by atoms with Crippen molar-refractivity contribution >= 4 is 5.97 Å². The zero-order chi connectivity index (χ0) is 14.5. The molecule has 0 aliphatic heterocycles. The lowest BCUT2D eigenvalue weighted by molar-refractivity contribution is -0.157. The van der Waals surface area contributed by atoms with Crippen molar-refractivity contribution in [1.82, 2.24) is 0 Å². The number of nitrogens with two attached hydrogens (primary N) is 1. The maximum Gasteiger partial charge on any atom is 0.313 e. The summed E-state index contributed by atoms with van der Waals surface area (Å²) < 4.78 is 18.4. The van der Waals surface area contributed by atoms with Crippen LogP contribution in [-0.4, -0.2) is 19.1 Å². The molecule has 1 rings (SSSR count). The standard InChI is InChI=1S/C15H22FNO2/c1-4-19-14(18)15(10-17,11(2)3)9-12-6-5-7-13(16)8-12/h5-8,11H,4,9-10,17H2,1-3H3. The fourth-order valence-corrected chi connectivity index (χ4v) is 2.19. The van der Waals surface area contributed by atoms with Gasteiger partial charge in [-0.15, -0.1) is 0 Å². The zero-order valence-corrected chi connectivity index (χ0v) is 11.8. The maximum absolute atomic E-state index is 13.2. The predicted molar refractivity (Wildman–Crippen MR) is 73.1 cm³/mol. The van der Waals surface area contributed by atoms with E-state index in [0.717, 1.165) is 5.56 Å². The quantitative estimate of drug-likeness (QED) is 0.806. The number of hydrogen-bond donors (Lipinski definition) is 1. The molecule has 1 aromatic carbocycles. The Labute approximate surface area is 113 Å². The van der Waals surface area contributed by atoms with Gasteiger partial charge in [0.25, 0.3) is 0 Å². The van der Waals surface area contributed by atoms with E-state index in [2.05, 4.69) is 0 Å².